The lowest BCUT2D eigenvalue weighted by Crippen LogP contribution is -2.49. The van der Waals surface area contributed by atoms with Gasteiger partial charge < -0.3 is 14.4 Å². The van der Waals surface area contributed by atoms with Gasteiger partial charge in [-0.05, 0) is 25.3 Å². The molecule has 3 rings (SSSR count). The summed E-state index contributed by atoms with van der Waals surface area (Å²) in [7, 11) is 1.37. The Balaban J connectivity index is 1.52. The molecule has 0 spiro atoms. The van der Waals surface area contributed by atoms with Gasteiger partial charge in [0.15, 0.2) is 0 Å². The molecule has 2 bridgehead atoms. The van der Waals surface area contributed by atoms with E-state index in [1.165, 1.54) is 7.11 Å². The van der Waals surface area contributed by atoms with Crippen molar-refractivity contribution in [3.63, 3.8) is 0 Å². The Morgan fingerprint density at radius 1 is 1.21 bits per heavy atom. The number of ether oxygens (including phenoxy) is 2. The van der Waals surface area contributed by atoms with Gasteiger partial charge in [-0.2, -0.15) is 0 Å². The Bertz CT molecular complexity index is 564. The highest BCUT2D eigenvalue weighted by molar-refractivity contribution is 5.78. The van der Waals surface area contributed by atoms with Gasteiger partial charge >= 0.3 is 5.97 Å². The van der Waals surface area contributed by atoms with E-state index in [1.807, 2.05) is 23.1 Å². The molecule has 2 fully saturated rings. The largest absolute Gasteiger partial charge is 0.474 e. The number of carbonyl (C=O) groups excluding carboxylic acids is 2. The van der Waals surface area contributed by atoms with Gasteiger partial charge in [0.25, 0.3) is 0 Å². The molecule has 1 aromatic rings. The molecule has 24 heavy (non-hydrogen) atoms. The maximum Gasteiger partial charge on any atom is 0.305 e. The lowest BCUT2D eigenvalue weighted by atomic mass is 9.99. The zero-order chi connectivity index (χ0) is 16.9. The maximum absolute atomic E-state index is 12.5. The second-order valence-corrected chi connectivity index (χ2v) is 6.49. The lowest BCUT2D eigenvalue weighted by molar-refractivity contribution is -0.141. The second kappa shape index (κ2) is 7.64. The van der Waals surface area contributed by atoms with Gasteiger partial charge in [0, 0.05) is 50.0 Å². The van der Waals surface area contributed by atoms with Crippen molar-refractivity contribution in [1.29, 1.82) is 0 Å². The number of hydrogen-bond acceptors (Lipinski definition) is 5. The standard InChI is InChI=1S/C18H24N2O4/c1-23-18(22)7-4-6-17(21)20-13-8-9-14(20)12-15(11-13)24-16-5-2-3-10-19-16/h2-3,5,10,13-15H,4,6-9,11-12H2,1H3. The summed E-state index contributed by atoms with van der Waals surface area (Å²) in [4.78, 5) is 29.9. The van der Waals surface area contributed by atoms with Crippen molar-refractivity contribution >= 4 is 11.9 Å². The van der Waals surface area contributed by atoms with E-state index in [-0.39, 0.29) is 30.1 Å². The molecule has 3 heterocycles. The van der Waals surface area contributed by atoms with Crippen LogP contribution in [0.15, 0.2) is 24.4 Å². The average molecular weight is 332 g/mol. The van der Waals surface area contributed by atoms with Gasteiger partial charge in [-0.1, -0.05) is 6.07 Å². The number of esters is 1. The highest BCUT2D eigenvalue weighted by atomic mass is 16.5. The SMILES string of the molecule is COC(=O)CCCC(=O)N1C2CCC1CC(Oc1ccccn1)C2. The van der Waals surface area contributed by atoms with Crippen LogP contribution >= 0.6 is 0 Å². The van der Waals surface area contributed by atoms with E-state index in [2.05, 4.69) is 9.72 Å². The smallest absolute Gasteiger partial charge is 0.305 e. The monoisotopic (exact) mass is 332 g/mol. The fourth-order valence-corrected chi connectivity index (χ4v) is 3.83. The van der Waals surface area contributed by atoms with Crippen LogP contribution in [-0.2, 0) is 14.3 Å². The van der Waals surface area contributed by atoms with Crippen LogP contribution in [0.1, 0.15) is 44.9 Å². The van der Waals surface area contributed by atoms with Crippen LogP contribution in [-0.4, -0.2) is 47.1 Å². The number of piperidine rings is 1. The van der Waals surface area contributed by atoms with Gasteiger partial charge in [0.05, 0.1) is 7.11 Å². The predicted molar refractivity (Wildman–Crippen MR) is 87.4 cm³/mol. The summed E-state index contributed by atoms with van der Waals surface area (Å²) < 4.78 is 10.6. The number of hydrogen-bond donors (Lipinski definition) is 0. The molecule has 1 aromatic heterocycles. The van der Waals surface area contributed by atoms with Crippen LogP contribution < -0.4 is 4.74 Å². The number of rotatable bonds is 6. The molecule has 1 amide bonds. The first-order valence-electron chi connectivity index (χ1n) is 8.63. The highest BCUT2D eigenvalue weighted by Crippen LogP contribution is 2.37. The number of nitrogens with zero attached hydrogens (tertiary/aromatic N) is 2. The molecule has 0 radical (unpaired) electrons. The molecule has 6 heteroatoms. The number of methoxy groups -OCH3 is 1. The number of aromatic nitrogens is 1. The van der Waals surface area contributed by atoms with Crippen LogP contribution in [0.25, 0.3) is 0 Å². The minimum atomic E-state index is -0.256. The average Bonchev–Trinajstić information content (AvgIpc) is 2.86. The summed E-state index contributed by atoms with van der Waals surface area (Å²) in [6.45, 7) is 0. The molecule has 2 saturated heterocycles. The third kappa shape index (κ3) is 3.86. The Morgan fingerprint density at radius 3 is 2.58 bits per heavy atom. The quantitative estimate of drug-likeness (QED) is 0.748. The minimum absolute atomic E-state index is 0.122. The Morgan fingerprint density at radius 2 is 1.96 bits per heavy atom. The first-order chi connectivity index (χ1) is 11.7. The maximum atomic E-state index is 12.5. The third-order valence-corrected chi connectivity index (χ3v) is 4.90. The lowest BCUT2D eigenvalue weighted by Gasteiger charge is -2.38. The molecule has 2 atom stereocenters. The van der Waals surface area contributed by atoms with Crippen molar-refractivity contribution in [2.24, 2.45) is 0 Å². The summed E-state index contributed by atoms with van der Waals surface area (Å²) in [6, 6.07) is 6.15. The minimum Gasteiger partial charge on any atom is -0.474 e. The van der Waals surface area contributed by atoms with Crippen LogP contribution in [0, 0.1) is 0 Å². The van der Waals surface area contributed by atoms with E-state index >= 15 is 0 Å². The summed E-state index contributed by atoms with van der Waals surface area (Å²) >= 11 is 0. The van der Waals surface area contributed by atoms with E-state index in [4.69, 9.17) is 4.74 Å². The Kier molecular flexibility index (Phi) is 5.33. The van der Waals surface area contributed by atoms with Crippen molar-refractivity contribution in [3.05, 3.63) is 24.4 Å². The Labute approximate surface area is 142 Å². The molecule has 2 aliphatic rings. The molecule has 6 nitrogen and oxygen atoms in total. The van der Waals surface area contributed by atoms with Crippen LogP contribution in [0.2, 0.25) is 0 Å². The molecule has 0 N–H and O–H groups in total. The number of pyridine rings is 1. The van der Waals surface area contributed by atoms with E-state index < -0.39 is 0 Å². The van der Waals surface area contributed by atoms with E-state index in [0.29, 0.717) is 25.1 Å². The number of fused-ring (bicyclic) bond motifs is 2. The molecule has 0 aromatic carbocycles. The van der Waals surface area contributed by atoms with E-state index in [9.17, 15) is 9.59 Å². The molecule has 130 valence electrons. The summed E-state index contributed by atoms with van der Waals surface area (Å²) in [5, 5.41) is 0. The fourth-order valence-electron chi connectivity index (χ4n) is 3.83. The summed E-state index contributed by atoms with van der Waals surface area (Å²) in [6.07, 6.45) is 6.90. The Hall–Kier alpha value is -2.11. The highest BCUT2D eigenvalue weighted by Gasteiger charge is 2.43. The van der Waals surface area contributed by atoms with Crippen molar-refractivity contribution in [1.82, 2.24) is 9.88 Å². The zero-order valence-electron chi connectivity index (χ0n) is 14.0. The van der Waals surface area contributed by atoms with Gasteiger partial charge in [-0.25, -0.2) is 4.98 Å². The fraction of sp³-hybridized carbons (Fsp3) is 0.611. The molecule has 2 aliphatic heterocycles. The predicted octanol–water partition coefficient (Wildman–Crippen LogP) is 2.33. The van der Waals surface area contributed by atoms with Crippen LogP contribution in [0.5, 0.6) is 5.88 Å². The van der Waals surface area contributed by atoms with Crippen molar-refractivity contribution < 1.29 is 19.1 Å². The normalized spacial score (nSPS) is 25.4. The van der Waals surface area contributed by atoms with Crippen LogP contribution in [0.4, 0.5) is 0 Å². The first kappa shape index (κ1) is 16.7. The molecule has 0 aliphatic carbocycles. The summed E-state index contributed by atoms with van der Waals surface area (Å²) in [5.41, 5.74) is 0. The van der Waals surface area contributed by atoms with Gasteiger partial charge in [-0.3, -0.25) is 9.59 Å². The van der Waals surface area contributed by atoms with Crippen molar-refractivity contribution in [2.45, 2.75) is 63.1 Å². The molecule has 0 saturated carbocycles. The van der Waals surface area contributed by atoms with E-state index in [0.717, 1.165) is 25.7 Å². The first-order valence-corrected chi connectivity index (χ1v) is 8.63. The molecular weight excluding hydrogens is 308 g/mol. The van der Waals surface area contributed by atoms with Gasteiger partial charge in [-0.15, -0.1) is 0 Å². The van der Waals surface area contributed by atoms with Gasteiger partial charge in [0.2, 0.25) is 11.8 Å². The number of carbonyl (C=O) groups is 2. The van der Waals surface area contributed by atoms with Crippen LogP contribution in [0.3, 0.4) is 0 Å². The topological polar surface area (TPSA) is 68.7 Å². The third-order valence-electron chi connectivity index (χ3n) is 4.90. The molecule has 2 unspecified atom stereocenters. The zero-order valence-corrected chi connectivity index (χ0v) is 14.0. The second-order valence-electron chi connectivity index (χ2n) is 6.49. The van der Waals surface area contributed by atoms with Crippen molar-refractivity contribution in [2.75, 3.05) is 7.11 Å². The summed E-state index contributed by atoms with van der Waals surface area (Å²) in [5.74, 6) is 0.552. The molecular formula is C18H24N2O4. The number of amides is 1. The van der Waals surface area contributed by atoms with Gasteiger partial charge in [0.1, 0.15) is 6.10 Å². The van der Waals surface area contributed by atoms with Crippen molar-refractivity contribution in [3.8, 4) is 5.88 Å². The van der Waals surface area contributed by atoms with E-state index in [1.54, 1.807) is 6.20 Å².